The Morgan fingerprint density at radius 3 is 2.65 bits per heavy atom. The van der Waals surface area contributed by atoms with E-state index in [1.807, 2.05) is 5.10 Å². The van der Waals surface area contributed by atoms with Crippen LogP contribution in [-0.4, -0.2) is 46.5 Å². The van der Waals surface area contributed by atoms with E-state index in [1.165, 1.54) is 0 Å². The van der Waals surface area contributed by atoms with E-state index in [-0.39, 0.29) is 22.2 Å². The van der Waals surface area contributed by atoms with Crippen LogP contribution >= 0.6 is 11.6 Å². The average Bonchev–Trinajstić information content (AvgIpc) is 3.00. The molecule has 11 heteroatoms. The number of aromatic nitrogens is 4. The van der Waals surface area contributed by atoms with Gasteiger partial charge in [0, 0.05) is 13.1 Å². The molecule has 0 atom stereocenters. The second kappa shape index (κ2) is 5.85. The van der Waals surface area contributed by atoms with Crippen molar-refractivity contribution in [3.63, 3.8) is 0 Å². The third kappa shape index (κ3) is 3.04. The predicted octanol–water partition coefficient (Wildman–Crippen LogP) is 1.67. The molecule has 7 nitrogen and oxygen atoms in total. The Kier molecular flexibility index (Phi) is 4.02. The van der Waals surface area contributed by atoms with Crippen molar-refractivity contribution in [2.75, 3.05) is 31.2 Å². The van der Waals surface area contributed by atoms with Crippen LogP contribution in [0.15, 0.2) is 11.0 Å². The van der Waals surface area contributed by atoms with E-state index in [2.05, 4.69) is 15.1 Å². The van der Waals surface area contributed by atoms with Crippen LogP contribution in [0.1, 0.15) is 5.69 Å². The van der Waals surface area contributed by atoms with Crippen molar-refractivity contribution in [1.82, 2.24) is 20.2 Å². The fourth-order valence-electron chi connectivity index (χ4n) is 2.24. The molecule has 2 aromatic rings. The number of rotatable bonds is 2. The Balaban J connectivity index is 2.09. The zero-order valence-electron chi connectivity index (χ0n) is 11.6. The first-order valence-electron chi connectivity index (χ1n) is 6.61. The van der Waals surface area contributed by atoms with E-state index in [0.717, 1.165) is 6.20 Å². The topological polar surface area (TPSA) is 86.9 Å². The van der Waals surface area contributed by atoms with Crippen molar-refractivity contribution in [2.45, 2.75) is 6.18 Å². The highest BCUT2D eigenvalue weighted by Crippen LogP contribution is 2.34. The molecule has 1 aliphatic heterocycles. The highest BCUT2D eigenvalue weighted by molar-refractivity contribution is 6.32. The van der Waals surface area contributed by atoms with Gasteiger partial charge in [0.25, 0.3) is 5.56 Å². The van der Waals surface area contributed by atoms with E-state index in [9.17, 15) is 18.0 Å². The Morgan fingerprint density at radius 1 is 1.30 bits per heavy atom. The number of nitrogens with zero attached hydrogens (tertiary/aromatic N) is 3. The summed E-state index contributed by atoms with van der Waals surface area (Å²) in [7, 11) is 0. The molecule has 3 rings (SSSR count). The Morgan fingerprint density at radius 2 is 2.00 bits per heavy atom. The van der Waals surface area contributed by atoms with E-state index < -0.39 is 17.4 Å². The number of morpholine rings is 1. The quantitative estimate of drug-likeness (QED) is 0.861. The Labute approximate surface area is 132 Å². The minimum atomic E-state index is -4.65. The maximum Gasteiger partial charge on any atom is 0.433 e. The van der Waals surface area contributed by atoms with Crippen molar-refractivity contribution < 1.29 is 17.9 Å². The molecule has 0 bridgehead atoms. The molecule has 1 aliphatic rings. The van der Waals surface area contributed by atoms with Crippen LogP contribution in [0.2, 0.25) is 5.02 Å². The number of ether oxygens (including phenoxy) is 1. The molecule has 23 heavy (non-hydrogen) atoms. The third-order valence-electron chi connectivity index (χ3n) is 3.33. The van der Waals surface area contributed by atoms with Gasteiger partial charge in [-0.2, -0.15) is 18.3 Å². The maximum atomic E-state index is 13.0. The van der Waals surface area contributed by atoms with Crippen molar-refractivity contribution in [2.24, 2.45) is 0 Å². The maximum absolute atomic E-state index is 13.0. The van der Waals surface area contributed by atoms with Gasteiger partial charge in [0.1, 0.15) is 10.8 Å². The van der Waals surface area contributed by atoms with Gasteiger partial charge in [-0.25, -0.2) is 4.98 Å². The van der Waals surface area contributed by atoms with Gasteiger partial charge < -0.3 is 14.6 Å². The molecule has 0 spiro atoms. The lowest BCUT2D eigenvalue weighted by molar-refractivity contribution is -0.140. The van der Waals surface area contributed by atoms with Gasteiger partial charge >= 0.3 is 6.18 Å². The minimum absolute atomic E-state index is 0.128. The lowest BCUT2D eigenvalue weighted by Gasteiger charge is -2.28. The zero-order valence-corrected chi connectivity index (χ0v) is 12.3. The Bertz CT molecular complexity index is 767. The number of aromatic amines is 2. The van der Waals surface area contributed by atoms with Crippen LogP contribution in [0.25, 0.3) is 11.4 Å². The van der Waals surface area contributed by atoms with Gasteiger partial charge in [0.2, 0.25) is 0 Å². The van der Waals surface area contributed by atoms with Crippen LogP contribution in [0.5, 0.6) is 0 Å². The minimum Gasteiger partial charge on any atom is -0.378 e. The van der Waals surface area contributed by atoms with Gasteiger partial charge in [0.15, 0.2) is 11.5 Å². The molecule has 0 aromatic carbocycles. The van der Waals surface area contributed by atoms with Crippen LogP contribution in [0.4, 0.5) is 19.0 Å². The summed E-state index contributed by atoms with van der Waals surface area (Å²) in [5, 5.41) is 5.09. The van der Waals surface area contributed by atoms with Crippen molar-refractivity contribution in [3.8, 4) is 11.4 Å². The van der Waals surface area contributed by atoms with Gasteiger partial charge in [-0.1, -0.05) is 11.6 Å². The molecule has 0 radical (unpaired) electrons. The number of anilines is 1. The van der Waals surface area contributed by atoms with E-state index in [0.29, 0.717) is 26.3 Å². The van der Waals surface area contributed by atoms with Gasteiger partial charge in [-0.3, -0.25) is 9.89 Å². The molecular formula is C12H11ClF3N5O2. The fraction of sp³-hybridized carbons (Fsp3) is 0.417. The van der Waals surface area contributed by atoms with Crippen molar-refractivity contribution in [1.29, 1.82) is 0 Å². The molecule has 2 N–H and O–H groups in total. The van der Waals surface area contributed by atoms with Crippen molar-refractivity contribution in [3.05, 3.63) is 27.3 Å². The number of H-pyrrole nitrogens is 2. The number of halogens is 4. The van der Waals surface area contributed by atoms with Gasteiger partial charge in [-0.15, -0.1) is 0 Å². The van der Waals surface area contributed by atoms with Gasteiger partial charge in [-0.05, 0) is 0 Å². The van der Waals surface area contributed by atoms with Crippen LogP contribution in [0.3, 0.4) is 0 Å². The van der Waals surface area contributed by atoms with E-state index in [4.69, 9.17) is 16.3 Å². The molecule has 124 valence electrons. The summed E-state index contributed by atoms with van der Waals surface area (Å²) in [5.41, 5.74) is -2.15. The standard InChI is InChI=1S/C12H11ClF3N5O2/c13-7-10(21-1-3-23-4-2-21)18-9(19-11(7)22)6-5-17-20-8(6)12(14,15)16/h5H,1-4H2,(H,17,20)(H,18,19,22). The first-order chi connectivity index (χ1) is 10.9. The first kappa shape index (κ1) is 15.8. The monoisotopic (exact) mass is 349 g/mol. The largest absolute Gasteiger partial charge is 0.433 e. The van der Waals surface area contributed by atoms with Crippen LogP contribution in [-0.2, 0) is 10.9 Å². The SMILES string of the molecule is O=c1[nH]c(-c2cn[nH]c2C(F)(F)F)nc(N2CCOCC2)c1Cl. The fourth-order valence-corrected chi connectivity index (χ4v) is 2.45. The highest BCUT2D eigenvalue weighted by atomic mass is 35.5. The van der Waals surface area contributed by atoms with Crippen LogP contribution in [0, 0.1) is 0 Å². The summed E-state index contributed by atoms with van der Waals surface area (Å²) in [5.74, 6) is -0.120. The molecule has 2 aromatic heterocycles. The molecule has 1 fully saturated rings. The Hall–Kier alpha value is -2.07. The molecule has 0 amide bonds. The molecule has 1 saturated heterocycles. The van der Waals surface area contributed by atoms with Crippen LogP contribution < -0.4 is 10.5 Å². The predicted molar refractivity (Wildman–Crippen MR) is 75.5 cm³/mol. The first-order valence-corrected chi connectivity index (χ1v) is 6.99. The summed E-state index contributed by atoms with van der Waals surface area (Å²) in [6.07, 6.45) is -3.69. The summed E-state index contributed by atoms with van der Waals surface area (Å²) in [6, 6.07) is 0. The lowest BCUT2D eigenvalue weighted by atomic mass is 10.2. The van der Waals surface area contributed by atoms with Gasteiger partial charge in [0.05, 0.1) is 25.0 Å². The summed E-state index contributed by atoms with van der Waals surface area (Å²) in [4.78, 5) is 20.0. The average molecular weight is 350 g/mol. The zero-order chi connectivity index (χ0) is 16.6. The number of hydrogen-bond acceptors (Lipinski definition) is 5. The molecule has 0 aliphatic carbocycles. The molecular weight excluding hydrogens is 339 g/mol. The van der Waals surface area contributed by atoms with E-state index >= 15 is 0 Å². The summed E-state index contributed by atoms with van der Waals surface area (Å²) < 4.78 is 44.1. The normalized spacial score (nSPS) is 15.9. The number of alkyl halides is 3. The molecule has 0 unspecified atom stereocenters. The lowest BCUT2D eigenvalue weighted by Crippen LogP contribution is -2.38. The van der Waals surface area contributed by atoms with E-state index in [1.54, 1.807) is 4.90 Å². The molecule has 3 heterocycles. The third-order valence-corrected chi connectivity index (χ3v) is 3.67. The second-order valence-corrected chi connectivity index (χ2v) is 5.19. The highest BCUT2D eigenvalue weighted by Gasteiger charge is 2.37. The summed E-state index contributed by atoms with van der Waals surface area (Å²) in [6.45, 7) is 1.71. The van der Waals surface area contributed by atoms with Crippen molar-refractivity contribution >= 4 is 17.4 Å². The summed E-state index contributed by atoms with van der Waals surface area (Å²) >= 11 is 5.96. The number of nitrogens with one attached hydrogen (secondary N) is 2. The second-order valence-electron chi connectivity index (χ2n) is 4.81. The number of hydrogen-bond donors (Lipinski definition) is 2. The smallest absolute Gasteiger partial charge is 0.378 e. The molecule has 0 saturated carbocycles.